The van der Waals surface area contributed by atoms with E-state index in [4.69, 9.17) is 4.42 Å². The molecule has 0 fully saturated rings. The zero-order chi connectivity index (χ0) is 13.0. The third-order valence-corrected chi connectivity index (χ3v) is 4.12. The van der Waals surface area contributed by atoms with Crippen LogP contribution in [0.2, 0.25) is 0 Å². The molecule has 0 N–H and O–H groups in total. The van der Waals surface area contributed by atoms with Crippen LogP contribution in [0, 0.1) is 0 Å². The Kier molecular flexibility index (Phi) is 4.43. The van der Waals surface area contributed by atoms with Gasteiger partial charge in [-0.05, 0) is 34.1 Å². The number of rotatable bonds is 4. The lowest BCUT2D eigenvalue weighted by atomic mass is 10.3. The Balaban J connectivity index is 2.09. The van der Waals surface area contributed by atoms with Crippen LogP contribution in [0.4, 0.5) is 0 Å². The molecule has 2 heterocycles. The SMILES string of the molecule is COC(=O)c1ccoc1CSc1ncccc1Br. The van der Waals surface area contributed by atoms with Crippen molar-refractivity contribution in [1.29, 1.82) is 0 Å². The van der Waals surface area contributed by atoms with E-state index in [2.05, 4.69) is 25.7 Å². The normalized spacial score (nSPS) is 10.3. The number of nitrogens with zero attached hydrogens (tertiary/aromatic N) is 1. The van der Waals surface area contributed by atoms with Crippen molar-refractivity contribution in [2.24, 2.45) is 0 Å². The molecule has 4 nitrogen and oxygen atoms in total. The standard InChI is InChI=1S/C12H10BrNO3S/c1-16-12(15)8-4-6-17-10(8)7-18-11-9(13)3-2-5-14-11/h2-6H,7H2,1H3. The second kappa shape index (κ2) is 6.06. The first-order valence-electron chi connectivity index (χ1n) is 5.10. The smallest absolute Gasteiger partial charge is 0.341 e. The van der Waals surface area contributed by atoms with Crippen molar-refractivity contribution in [3.05, 3.63) is 46.5 Å². The summed E-state index contributed by atoms with van der Waals surface area (Å²) >= 11 is 4.90. The molecule has 0 atom stereocenters. The van der Waals surface area contributed by atoms with Crippen molar-refractivity contribution >= 4 is 33.7 Å². The third kappa shape index (κ3) is 2.94. The number of pyridine rings is 1. The third-order valence-electron chi connectivity index (χ3n) is 2.22. The molecular formula is C12H10BrNO3S. The van der Waals surface area contributed by atoms with Gasteiger partial charge in [-0.25, -0.2) is 9.78 Å². The predicted octanol–water partition coefficient (Wildman–Crippen LogP) is 3.52. The number of thioether (sulfide) groups is 1. The molecule has 0 aliphatic carbocycles. The topological polar surface area (TPSA) is 52.3 Å². The molecule has 0 saturated heterocycles. The lowest BCUT2D eigenvalue weighted by Crippen LogP contribution is -2.02. The first-order chi connectivity index (χ1) is 8.72. The predicted molar refractivity (Wildman–Crippen MR) is 71.5 cm³/mol. The van der Waals surface area contributed by atoms with Crippen molar-refractivity contribution in [3.8, 4) is 0 Å². The molecule has 0 amide bonds. The van der Waals surface area contributed by atoms with Crippen molar-refractivity contribution in [2.45, 2.75) is 10.8 Å². The molecule has 0 bridgehead atoms. The van der Waals surface area contributed by atoms with Crippen LogP contribution < -0.4 is 0 Å². The summed E-state index contributed by atoms with van der Waals surface area (Å²) in [6, 6.07) is 5.37. The molecule has 0 aromatic carbocycles. The lowest BCUT2D eigenvalue weighted by molar-refractivity contribution is 0.0598. The number of hydrogen-bond donors (Lipinski definition) is 0. The molecule has 2 rings (SSSR count). The van der Waals surface area contributed by atoms with E-state index in [-0.39, 0.29) is 5.97 Å². The molecule has 18 heavy (non-hydrogen) atoms. The van der Waals surface area contributed by atoms with Crippen LogP contribution in [0.3, 0.4) is 0 Å². The van der Waals surface area contributed by atoms with Crippen LogP contribution in [0.25, 0.3) is 0 Å². The van der Waals surface area contributed by atoms with Crippen molar-refractivity contribution < 1.29 is 13.9 Å². The molecule has 94 valence electrons. The van der Waals surface area contributed by atoms with Crippen LogP contribution in [-0.4, -0.2) is 18.1 Å². The Morgan fingerprint density at radius 1 is 1.56 bits per heavy atom. The fourth-order valence-electron chi connectivity index (χ4n) is 1.36. The number of hydrogen-bond acceptors (Lipinski definition) is 5. The number of halogens is 1. The van der Waals surface area contributed by atoms with E-state index in [0.29, 0.717) is 17.1 Å². The summed E-state index contributed by atoms with van der Waals surface area (Å²) in [5.41, 5.74) is 0.456. The van der Waals surface area contributed by atoms with Gasteiger partial charge < -0.3 is 9.15 Å². The number of carbonyl (C=O) groups is 1. The highest BCUT2D eigenvalue weighted by molar-refractivity contribution is 9.10. The maximum atomic E-state index is 11.5. The molecule has 2 aromatic heterocycles. The van der Waals surface area contributed by atoms with Gasteiger partial charge in [0.05, 0.1) is 19.1 Å². The van der Waals surface area contributed by atoms with Gasteiger partial charge in [-0.15, -0.1) is 0 Å². The number of esters is 1. The zero-order valence-corrected chi connectivity index (χ0v) is 12.0. The second-order valence-corrected chi connectivity index (χ2v) is 5.15. The summed E-state index contributed by atoms with van der Waals surface area (Å²) in [7, 11) is 1.35. The Hall–Kier alpha value is -1.27. The van der Waals surface area contributed by atoms with Gasteiger partial charge in [0.15, 0.2) is 0 Å². The Morgan fingerprint density at radius 3 is 3.11 bits per heavy atom. The van der Waals surface area contributed by atoms with Gasteiger partial charge in [0.25, 0.3) is 0 Å². The van der Waals surface area contributed by atoms with E-state index >= 15 is 0 Å². The largest absolute Gasteiger partial charge is 0.468 e. The van der Waals surface area contributed by atoms with E-state index in [1.165, 1.54) is 25.1 Å². The molecule has 0 aliphatic rings. The molecule has 0 aliphatic heterocycles. The fourth-order valence-corrected chi connectivity index (χ4v) is 2.79. The Morgan fingerprint density at radius 2 is 2.39 bits per heavy atom. The number of carbonyl (C=O) groups excluding carboxylic acids is 1. The van der Waals surface area contributed by atoms with E-state index in [1.54, 1.807) is 12.3 Å². The number of methoxy groups -OCH3 is 1. The summed E-state index contributed by atoms with van der Waals surface area (Å²) in [5, 5.41) is 0.852. The summed E-state index contributed by atoms with van der Waals surface area (Å²) < 4.78 is 10.9. The minimum absolute atomic E-state index is 0.389. The highest BCUT2D eigenvalue weighted by Gasteiger charge is 2.15. The average molecular weight is 328 g/mol. The lowest BCUT2D eigenvalue weighted by Gasteiger charge is -2.02. The minimum atomic E-state index is -0.389. The van der Waals surface area contributed by atoms with Crippen LogP contribution in [0.1, 0.15) is 16.1 Å². The van der Waals surface area contributed by atoms with Crippen molar-refractivity contribution in [3.63, 3.8) is 0 Å². The van der Waals surface area contributed by atoms with Gasteiger partial charge in [0.2, 0.25) is 0 Å². The minimum Gasteiger partial charge on any atom is -0.468 e. The van der Waals surface area contributed by atoms with Crippen LogP contribution in [0.5, 0.6) is 0 Å². The van der Waals surface area contributed by atoms with Crippen molar-refractivity contribution in [1.82, 2.24) is 4.98 Å². The maximum Gasteiger partial charge on any atom is 0.341 e. The quantitative estimate of drug-likeness (QED) is 0.635. The molecule has 0 unspecified atom stereocenters. The van der Waals surface area contributed by atoms with Crippen LogP contribution >= 0.6 is 27.7 Å². The van der Waals surface area contributed by atoms with Gasteiger partial charge in [0.1, 0.15) is 16.3 Å². The second-order valence-electron chi connectivity index (χ2n) is 3.33. The Labute approximate surface area is 117 Å². The van der Waals surface area contributed by atoms with E-state index in [9.17, 15) is 4.79 Å². The first kappa shape index (κ1) is 13.2. The van der Waals surface area contributed by atoms with E-state index in [0.717, 1.165) is 9.50 Å². The summed E-state index contributed by atoms with van der Waals surface area (Å²) in [6.45, 7) is 0. The highest BCUT2D eigenvalue weighted by Crippen LogP contribution is 2.29. The van der Waals surface area contributed by atoms with Crippen molar-refractivity contribution in [2.75, 3.05) is 7.11 Å². The monoisotopic (exact) mass is 327 g/mol. The fraction of sp³-hybridized carbons (Fsp3) is 0.167. The molecule has 0 saturated carbocycles. The van der Waals surface area contributed by atoms with Gasteiger partial charge in [-0.2, -0.15) is 0 Å². The molecule has 0 radical (unpaired) electrons. The molecule has 0 spiro atoms. The Bertz CT molecular complexity index is 556. The first-order valence-corrected chi connectivity index (χ1v) is 6.88. The summed E-state index contributed by atoms with van der Waals surface area (Å²) in [6.07, 6.45) is 3.20. The number of ether oxygens (including phenoxy) is 1. The zero-order valence-electron chi connectivity index (χ0n) is 9.55. The van der Waals surface area contributed by atoms with Gasteiger partial charge >= 0.3 is 5.97 Å². The average Bonchev–Trinajstić information content (AvgIpc) is 2.85. The maximum absolute atomic E-state index is 11.5. The molecular weight excluding hydrogens is 318 g/mol. The number of aromatic nitrogens is 1. The summed E-state index contributed by atoms with van der Waals surface area (Å²) in [4.78, 5) is 15.7. The highest BCUT2D eigenvalue weighted by atomic mass is 79.9. The van der Waals surface area contributed by atoms with E-state index in [1.807, 2.05) is 12.1 Å². The molecule has 2 aromatic rings. The summed E-state index contributed by atoms with van der Waals surface area (Å²) in [5.74, 6) is 0.719. The number of furan rings is 1. The van der Waals surface area contributed by atoms with Gasteiger partial charge in [0, 0.05) is 10.7 Å². The van der Waals surface area contributed by atoms with Gasteiger partial charge in [-0.3, -0.25) is 0 Å². The van der Waals surface area contributed by atoms with Crippen LogP contribution in [0.15, 0.2) is 44.6 Å². The van der Waals surface area contributed by atoms with Crippen LogP contribution in [-0.2, 0) is 10.5 Å². The molecule has 6 heteroatoms. The van der Waals surface area contributed by atoms with E-state index < -0.39 is 0 Å². The van der Waals surface area contributed by atoms with Gasteiger partial charge in [-0.1, -0.05) is 11.8 Å².